The Morgan fingerprint density at radius 3 is 1.78 bits per heavy atom. The average molecular weight is 441 g/mol. The molecule has 2 saturated carbocycles. The maximum atomic E-state index is 11.9. The van der Waals surface area contributed by atoms with E-state index >= 15 is 0 Å². The lowest BCUT2D eigenvalue weighted by atomic mass is 9.76. The minimum absolute atomic E-state index is 0.171. The molecule has 0 spiro atoms. The summed E-state index contributed by atoms with van der Waals surface area (Å²) in [5.74, 6) is 5.95. The van der Waals surface area contributed by atoms with Crippen LogP contribution >= 0.6 is 0 Å². The van der Waals surface area contributed by atoms with Crippen LogP contribution in [0, 0.1) is 59.2 Å². The van der Waals surface area contributed by atoms with E-state index in [1.165, 1.54) is 25.7 Å². The van der Waals surface area contributed by atoms with Crippen molar-refractivity contribution in [1.29, 1.82) is 0 Å². The van der Waals surface area contributed by atoms with Crippen molar-refractivity contribution in [2.24, 2.45) is 59.2 Å². The van der Waals surface area contributed by atoms with Crippen LogP contribution in [0.5, 0.6) is 0 Å². The molecule has 10 unspecified atom stereocenters. The number of carbonyl (C=O) groups is 2. The Labute approximate surface area is 198 Å². The van der Waals surface area contributed by atoms with Gasteiger partial charge in [-0.15, -0.1) is 13.2 Å². The highest BCUT2D eigenvalue weighted by molar-refractivity contribution is 5.80. The molecule has 2 fully saturated rings. The second-order valence-electron chi connectivity index (χ2n) is 11.1. The van der Waals surface area contributed by atoms with E-state index in [0.717, 1.165) is 18.8 Å². The van der Waals surface area contributed by atoms with Crippen molar-refractivity contribution in [3.8, 4) is 0 Å². The van der Waals surface area contributed by atoms with E-state index in [9.17, 15) is 9.59 Å². The minimum Gasteiger partial charge on any atom is -0.300 e. The second-order valence-corrected chi connectivity index (χ2v) is 11.1. The molecule has 32 heavy (non-hydrogen) atoms. The molecule has 180 valence electrons. The summed E-state index contributed by atoms with van der Waals surface area (Å²) in [6.07, 6.45) is 15.8. The number of hydrogen-bond donors (Lipinski definition) is 0. The van der Waals surface area contributed by atoms with Gasteiger partial charge in [0.1, 0.15) is 11.6 Å². The highest BCUT2D eigenvalue weighted by Gasteiger charge is 2.46. The van der Waals surface area contributed by atoms with E-state index in [4.69, 9.17) is 0 Å². The first-order valence-electron chi connectivity index (χ1n) is 13.1. The predicted octanol–water partition coefficient (Wildman–Crippen LogP) is 7.70. The topological polar surface area (TPSA) is 34.1 Å². The summed E-state index contributed by atoms with van der Waals surface area (Å²) in [5, 5.41) is 0. The van der Waals surface area contributed by atoms with E-state index in [1.807, 2.05) is 12.2 Å². The third-order valence-electron chi connectivity index (χ3n) is 8.93. The lowest BCUT2D eigenvalue weighted by Gasteiger charge is -2.28. The Morgan fingerprint density at radius 2 is 1.31 bits per heavy atom. The first kappa shape index (κ1) is 26.8. The number of rotatable bonds is 10. The van der Waals surface area contributed by atoms with Gasteiger partial charge in [0.2, 0.25) is 0 Å². The van der Waals surface area contributed by atoms with E-state index in [0.29, 0.717) is 58.9 Å². The highest BCUT2D eigenvalue weighted by Crippen LogP contribution is 2.51. The molecule has 2 bridgehead atoms. The SMILES string of the molecule is C=CC1CC(C=C)C(C(C)=O)C1CC(C)CC.CCC(C)CC1C2C=CC(C2)C1C(C)=O. The lowest BCUT2D eigenvalue weighted by Crippen LogP contribution is -2.27. The molecule has 3 rings (SSSR count). The molecule has 0 heterocycles. The zero-order chi connectivity index (χ0) is 24.0. The van der Waals surface area contributed by atoms with Crippen molar-refractivity contribution in [1.82, 2.24) is 0 Å². The maximum absolute atomic E-state index is 11.9. The molecule has 0 aromatic carbocycles. The van der Waals surface area contributed by atoms with Crippen molar-refractivity contribution in [2.75, 3.05) is 0 Å². The molecule has 3 aliphatic rings. The zero-order valence-corrected chi connectivity index (χ0v) is 21.6. The van der Waals surface area contributed by atoms with Crippen LogP contribution in [0.1, 0.15) is 80.1 Å². The van der Waals surface area contributed by atoms with Crippen LogP contribution in [0.25, 0.3) is 0 Å². The normalized spacial score (nSPS) is 36.8. The van der Waals surface area contributed by atoms with Gasteiger partial charge in [-0.2, -0.15) is 0 Å². The fraction of sp³-hybridized carbons (Fsp3) is 0.733. The van der Waals surface area contributed by atoms with Crippen molar-refractivity contribution >= 4 is 11.6 Å². The molecule has 0 aliphatic heterocycles. The maximum Gasteiger partial charge on any atom is 0.133 e. The molecule has 0 amide bonds. The number of fused-ring (bicyclic) bond motifs is 2. The van der Waals surface area contributed by atoms with E-state index in [2.05, 4.69) is 53.0 Å². The van der Waals surface area contributed by atoms with Gasteiger partial charge in [0.25, 0.3) is 0 Å². The first-order chi connectivity index (χ1) is 15.2. The van der Waals surface area contributed by atoms with Crippen LogP contribution in [-0.2, 0) is 9.59 Å². The van der Waals surface area contributed by atoms with E-state index < -0.39 is 0 Å². The summed E-state index contributed by atoms with van der Waals surface area (Å²) in [6, 6.07) is 0. The van der Waals surface area contributed by atoms with Crippen LogP contribution < -0.4 is 0 Å². The molecule has 2 nitrogen and oxygen atoms in total. The second kappa shape index (κ2) is 12.1. The Bertz CT molecular complexity index is 689. The van der Waals surface area contributed by atoms with Crippen LogP contribution in [0.3, 0.4) is 0 Å². The van der Waals surface area contributed by atoms with Gasteiger partial charge in [0.15, 0.2) is 0 Å². The molecule has 0 radical (unpaired) electrons. The molecule has 0 saturated heterocycles. The largest absolute Gasteiger partial charge is 0.300 e. The van der Waals surface area contributed by atoms with Gasteiger partial charge >= 0.3 is 0 Å². The van der Waals surface area contributed by atoms with Gasteiger partial charge in [-0.1, -0.05) is 64.8 Å². The lowest BCUT2D eigenvalue weighted by molar-refractivity contribution is -0.123. The molecule has 0 aromatic heterocycles. The van der Waals surface area contributed by atoms with Crippen molar-refractivity contribution in [3.05, 3.63) is 37.5 Å². The van der Waals surface area contributed by atoms with Crippen molar-refractivity contribution in [3.63, 3.8) is 0 Å². The monoisotopic (exact) mass is 440 g/mol. The van der Waals surface area contributed by atoms with Crippen molar-refractivity contribution in [2.45, 2.75) is 80.1 Å². The predicted molar refractivity (Wildman–Crippen MR) is 136 cm³/mol. The number of ketones is 2. The Balaban J connectivity index is 0.000000228. The fourth-order valence-corrected chi connectivity index (χ4v) is 6.77. The number of carbonyl (C=O) groups excluding carboxylic acids is 2. The third-order valence-corrected chi connectivity index (χ3v) is 8.93. The summed E-state index contributed by atoms with van der Waals surface area (Å²) >= 11 is 0. The molecule has 0 N–H and O–H groups in total. The van der Waals surface area contributed by atoms with Crippen LogP contribution in [0.2, 0.25) is 0 Å². The molecule has 0 aromatic rings. The standard InChI is InChI=1S/C16H26O.C14H22O/c1-6-11(4)9-15-13(7-2)10-14(8-3)16(15)12(5)17;1-4-9(2)7-13-11-5-6-12(8-11)14(13)10(3)15/h7-8,11,13-16H,2-3,6,9-10H2,1,4-5H3;5-6,9,11-14H,4,7-8H2,1-3H3. The zero-order valence-electron chi connectivity index (χ0n) is 21.6. The summed E-state index contributed by atoms with van der Waals surface area (Å²) in [4.78, 5) is 23.6. The summed E-state index contributed by atoms with van der Waals surface area (Å²) in [7, 11) is 0. The smallest absolute Gasteiger partial charge is 0.133 e. The molecular formula is C30H48O2. The van der Waals surface area contributed by atoms with Crippen LogP contribution in [0.4, 0.5) is 0 Å². The Hall–Kier alpha value is -1.44. The number of hydrogen-bond acceptors (Lipinski definition) is 2. The molecule has 2 heteroatoms. The average Bonchev–Trinajstić information content (AvgIpc) is 3.46. The Kier molecular flexibility index (Phi) is 10.2. The fourth-order valence-electron chi connectivity index (χ4n) is 6.77. The minimum atomic E-state index is 0.171. The number of Topliss-reactive ketones (excluding diaryl/α,β-unsaturated/α-hetero) is 2. The number of allylic oxidation sites excluding steroid dienone is 4. The quantitative estimate of drug-likeness (QED) is 0.326. The highest BCUT2D eigenvalue weighted by atomic mass is 16.1. The van der Waals surface area contributed by atoms with Gasteiger partial charge in [-0.25, -0.2) is 0 Å². The summed E-state index contributed by atoms with van der Waals surface area (Å²) in [5.41, 5.74) is 0. The van der Waals surface area contributed by atoms with Crippen molar-refractivity contribution < 1.29 is 9.59 Å². The molecule has 3 aliphatic carbocycles. The molecule has 10 atom stereocenters. The van der Waals surface area contributed by atoms with Gasteiger partial charge in [0.05, 0.1) is 0 Å². The summed E-state index contributed by atoms with van der Waals surface area (Å²) in [6.45, 7) is 20.4. The molecular weight excluding hydrogens is 392 g/mol. The van der Waals surface area contributed by atoms with Gasteiger partial charge < -0.3 is 0 Å². The summed E-state index contributed by atoms with van der Waals surface area (Å²) < 4.78 is 0. The van der Waals surface area contributed by atoms with E-state index in [1.54, 1.807) is 13.8 Å². The van der Waals surface area contributed by atoms with Gasteiger partial charge in [-0.3, -0.25) is 9.59 Å². The van der Waals surface area contributed by atoms with Gasteiger partial charge in [-0.05, 0) is 86.9 Å². The van der Waals surface area contributed by atoms with Crippen LogP contribution in [-0.4, -0.2) is 11.6 Å². The first-order valence-corrected chi connectivity index (χ1v) is 13.1. The van der Waals surface area contributed by atoms with E-state index in [-0.39, 0.29) is 5.92 Å². The van der Waals surface area contributed by atoms with Crippen LogP contribution in [0.15, 0.2) is 37.5 Å². The third kappa shape index (κ3) is 6.12. The Morgan fingerprint density at radius 1 is 0.812 bits per heavy atom. The van der Waals surface area contributed by atoms with Gasteiger partial charge in [0, 0.05) is 11.8 Å².